The van der Waals surface area contributed by atoms with Gasteiger partial charge in [-0.1, -0.05) is 54.1 Å². The fourth-order valence-corrected chi connectivity index (χ4v) is 2.97. The van der Waals surface area contributed by atoms with Crippen molar-refractivity contribution in [2.24, 2.45) is 5.73 Å². The summed E-state index contributed by atoms with van der Waals surface area (Å²) in [6.07, 6.45) is 3.31. The van der Waals surface area contributed by atoms with Crippen LogP contribution in [-0.4, -0.2) is 6.04 Å². The van der Waals surface area contributed by atoms with Gasteiger partial charge in [0.2, 0.25) is 0 Å². The summed E-state index contributed by atoms with van der Waals surface area (Å²) in [6, 6.07) is 18.9. The van der Waals surface area contributed by atoms with Crippen molar-refractivity contribution in [1.29, 1.82) is 0 Å². The Morgan fingerprint density at radius 2 is 1.63 bits per heavy atom. The third-order valence-corrected chi connectivity index (χ3v) is 4.47. The lowest BCUT2D eigenvalue weighted by Gasteiger charge is -2.24. The van der Waals surface area contributed by atoms with Crippen molar-refractivity contribution < 1.29 is 0 Å². The van der Waals surface area contributed by atoms with Gasteiger partial charge in [0.1, 0.15) is 0 Å². The minimum Gasteiger partial charge on any atom is -0.327 e. The number of nitrogens with two attached hydrogens (primary N) is 1. The predicted molar refractivity (Wildman–Crippen MR) is 80.5 cm³/mol. The first-order chi connectivity index (χ1) is 9.21. The summed E-state index contributed by atoms with van der Waals surface area (Å²) in [5.41, 5.74) is 9.33. The number of benzene rings is 2. The molecule has 1 atom stereocenters. The number of rotatable bonds is 4. The summed E-state index contributed by atoms with van der Waals surface area (Å²) in [4.78, 5) is 0. The van der Waals surface area contributed by atoms with Gasteiger partial charge in [-0.2, -0.15) is 0 Å². The highest BCUT2D eigenvalue weighted by molar-refractivity contribution is 6.30. The maximum atomic E-state index is 6.48. The number of halogens is 1. The van der Waals surface area contributed by atoms with Crippen LogP contribution in [0.2, 0.25) is 5.02 Å². The molecule has 0 amide bonds. The second-order valence-electron chi connectivity index (χ2n) is 5.46. The molecule has 2 N–H and O–H groups in total. The standard InChI is InChI=1S/C17H18ClN/c18-15-8-6-13(7-9-15)12-16(19)17(10-11-17)14-4-2-1-3-5-14/h1-9,16H,10-12,19H2. The maximum Gasteiger partial charge on any atom is 0.0406 e. The minimum absolute atomic E-state index is 0.177. The Morgan fingerprint density at radius 3 is 2.21 bits per heavy atom. The quantitative estimate of drug-likeness (QED) is 0.896. The number of hydrogen-bond acceptors (Lipinski definition) is 1. The highest BCUT2D eigenvalue weighted by Crippen LogP contribution is 2.50. The molecule has 0 aromatic heterocycles. The molecule has 98 valence electrons. The lowest BCUT2D eigenvalue weighted by atomic mass is 9.85. The van der Waals surface area contributed by atoms with Gasteiger partial charge in [-0.25, -0.2) is 0 Å². The smallest absolute Gasteiger partial charge is 0.0406 e. The normalized spacial score (nSPS) is 18.0. The van der Waals surface area contributed by atoms with Crippen LogP contribution in [0.4, 0.5) is 0 Å². The average Bonchev–Trinajstić information content (AvgIpc) is 3.24. The SMILES string of the molecule is NC(Cc1ccc(Cl)cc1)C1(c2ccccc2)CC1. The van der Waals surface area contributed by atoms with E-state index in [2.05, 4.69) is 42.5 Å². The molecule has 0 spiro atoms. The van der Waals surface area contributed by atoms with E-state index in [4.69, 9.17) is 17.3 Å². The topological polar surface area (TPSA) is 26.0 Å². The van der Waals surface area contributed by atoms with Crippen molar-refractivity contribution in [2.45, 2.75) is 30.7 Å². The Hall–Kier alpha value is -1.31. The van der Waals surface area contributed by atoms with E-state index >= 15 is 0 Å². The molecule has 2 aromatic rings. The van der Waals surface area contributed by atoms with Crippen LogP contribution in [0.1, 0.15) is 24.0 Å². The lowest BCUT2D eigenvalue weighted by Crippen LogP contribution is -2.36. The number of hydrogen-bond donors (Lipinski definition) is 1. The largest absolute Gasteiger partial charge is 0.327 e. The van der Waals surface area contributed by atoms with Crippen LogP contribution in [0.3, 0.4) is 0 Å². The Balaban J connectivity index is 1.77. The molecule has 1 fully saturated rings. The van der Waals surface area contributed by atoms with Crippen LogP contribution >= 0.6 is 11.6 Å². The molecule has 0 saturated heterocycles. The van der Waals surface area contributed by atoms with Gasteiger partial charge in [0.15, 0.2) is 0 Å². The van der Waals surface area contributed by atoms with Gasteiger partial charge in [0, 0.05) is 16.5 Å². The first kappa shape index (κ1) is 12.7. The van der Waals surface area contributed by atoms with Crippen LogP contribution in [0.15, 0.2) is 54.6 Å². The van der Waals surface area contributed by atoms with Crippen LogP contribution in [0, 0.1) is 0 Å². The van der Waals surface area contributed by atoms with Gasteiger partial charge >= 0.3 is 0 Å². The molecule has 0 bridgehead atoms. The van der Waals surface area contributed by atoms with Crippen LogP contribution < -0.4 is 5.73 Å². The first-order valence-corrected chi connectivity index (χ1v) is 7.14. The molecule has 3 rings (SSSR count). The molecule has 1 aliphatic carbocycles. The van der Waals surface area contributed by atoms with Crippen molar-refractivity contribution in [3.63, 3.8) is 0 Å². The zero-order valence-electron chi connectivity index (χ0n) is 10.9. The zero-order valence-corrected chi connectivity index (χ0v) is 11.6. The monoisotopic (exact) mass is 271 g/mol. The molecule has 1 unspecified atom stereocenters. The van der Waals surface area contributed by atoms with Gasteiger partial charge in [-0.05, 0) is 42.5 Å². The summed E-state index contributed by atoms with van der Waals surface area (Å²) in [7, 11) is 0. The molecule has 2 heteroatoms. The van der Waals surface area contributed by atoms with Crippen molar-refractivity contribution >= 4 is 11.6 Å². The van der Waals surface area contributed by atoms with E-state index in [1.54, 1.807) is 0 Å². The van der Waals surface area contributed by atoms with Gasteiger partial charge in [-0.3, -0.25) is 0 Å². The third kappa shape index (κ3) is 2.54. The van der Waals surface area contributed by atoms with Gasteiger partial charge in [0.05, 0.1) is 0 Å². The molecule has 0 aliphatic heterocycles. The summed E-state index contributed by atoms with van der Waals surface area (Å²) < 4.78 is 0. The minimum atomic E-state index is 0.177. The van der Waals surface area contributed by atoms with Gasteiger partial charge in [-0.15, -0.1) is 0 Å². The molecule has 1 aliphatic rings. The van der Waals surface area contributed by atoms with Crippen LogP contribution in [-0.2, 0) is 11.8 Å². The van der Waals surface area contributed by atoms with E-state index in [9.17, 15) is 0 Å². The highest BCUT2D eigenvalue weighted by Gasteiger charge is 2.48. The summed E-state index contributed by atoms with van der Waals surface area (Å²) >= 11 is 5.92. The average molecular weight is 272 g/mol. The molecule has 2 aromatic carbocycles. The first-order valence-electron chi connectivity index (χ1n) is 6.76. The molecule has 19 heavy (non-hydrogen) atoms. The van der Waals surface area contributed by atoms with E-state index in [0.29, 0.717) is 0 Å². The van der Waals surface area contributed by atoms with Crippen molar-refractivity contribution in [3.05, 3.63) is 70.7 Å². The molecule has 1 nitrogen and oxygen atoms in total. The van der Waals surface area contributed by atoms with Crippen molar-refractivity contribution in [2.75, 3.05) is 0 Å². The maximum absolute atomic E-state index is 6.48. The van der Waals surface area contributed by atoms with Crippen molar-refractivity contribution in [3.8, 4) is 0 Å². The highest BCUT2D eigenvalue weighted by atomic mass is 35.5. The molecule has 0 heterocycles. The second kappa shape index (κ2) is 4.99. The Labute approximate surface area is 119 Å². The van der Waals surface area contributed by atoms with E-state index in [0.717, 1.165) is 11.4 Å². The lowest BCUT2D eigenvalue weighted by molar-refractivity contribution is 0.514. The summed E-state index contributed by atoms with van der Waals surface area (Å²) in [5, 5.41) is 0.779. The molecular weight excluding hydrogens is 254 g/mol. The van der Waals surface area contributed by atoms with E-state index in [1.165, 1.54) is 24.0 Å². The fourth-order valence-electron chi connectivity index (χ4n) is 2.85. The third-order valence-electron chi connectivity index (χ3n) is 4.22. The Morgan fingerprint density at radius 1 is 1.00 bits per heavy atom. The van der Waals surface area contributed by atoms with Gasteiger partial charge < -0.3 is 5.73 Å². The second-order valence-corrected chi connectivity index (χ2v) is 5.90. The Bertz CT molecular complexity index is 543. The molecule has 1 saturated carbocycles. The Kier molecular flexibility index (Phi) is 3.34. The molecular formula is C17H18ClN. The fraction of sp³-hybridized carbons (Fsp3) is 0.294. The van der Waals surface area contributed by atoms with Crippen LogP contribution in [0.25, 0.3) is 0 Å². The van der Waals surface area contributed by atoms with Gasteiger partial charge in [0.25, 0.3) is 0 Å². The van der Waals surface area contributed by atoms with E-state index in [-0.39, 0.29) is 11.5 Å². The summed E-state index contributed by atoms with van der Waals surface area (Å²) in [5.74, 6) is 0. The van der Waals surface area contributed by atoms with E-state index < -0.39 is 0 Å². The van der Waals surface area contributed by atoms with Crippen molar-refractivity contribution in [1.82, 2.24) is 0 Å². The summed E-state index contributed by atoms with van der Waals surface area (Å²) in [6.45, 7) is 0. The zero-order chi connectivity index (χ0) is 13.3. The molecule has 0 radical (unpaired) electrons. The van der Waals surface area contributed by atoms with Crippen LogP contribution in [0.5, 0.6) is 0 Å². The predicted octanol–water partition coefficient (Wildman–Crippen LogP) is 3.94. The van der Waals surface area contributed by atoms with E-state index in [1.807, 2.05) is 12.1 Å².